The van der Waals surface area contributed by atoms with Crippen molar-refractivity contribution in [2.45, 2.75) is 15.9 Å². The highest BCUT2D eigenvalue weighted by atomic mass is 32.2. The highest BCUT2D eigenvalue weighted by Crippen LogP contribution is 2.26. The first-order valence-electron chi connectivity index (χ1n) is 6.02. The fourth-order valence-corrected chi connectivity index (χ4v) is 2.97. The van der Waals surface area contributed by atoms with E-state index in [1.54, 1.807) is 35.8 Å². The number of nitrogens with two attached hydrogens (primary N) is 1. The van der Waals surface area contributed by atoms with Gasteiger partial charge in [0.05, 0.1) is 11.4 Å². The lowest BCUT2D eigenvalue weighted by molar-refractivity contribution is 0.899. The summed E-state index contributed by atoms with van der Waals surface area (Å²) in [6.07, 6.45) is 3.77. The second-order valence-corrected chi connectivity index (χ2v) is 6.04. The molecule has 0 fully saturated rings. The van der Waals surface area contributed by atoms with Gasteiger partial charge in [0, 0.05) is 32.1 Å². The van der Waals surface area contributed by atoms with Gasteiger partial charge in [-0.2, -0.15) is 0 Å². The van der Waals surface area contributed by atoms with Gasteiger partial charge in [-0.05, 0) is 18.4 Å². The molecule has 0 saturated carbocycles. The summed E-state index contributed by atoms with van der Waals surface area (Å²) in [6, 6.07) is 5.77. The Morgan fingerprint density at radius 1 is 1.30 bits per heavy atom. The van der Waals surface area contributed by atoms with Crippen molar-refractivity contribution in [3.8, 4) is 0 Å². The second kappa shape index (κ2) is 6.81. The Labute approximate surface area is 127 Å². The van der Waals surface area contributed by atoms with Gasteiger partial charge in [0.1, 0.15) is 10.8 Å². The van der Waals surface area contributed by atoms with Crippen LogP contribution in [-0.4, -0.2) is 35.3 Å². The summed E-state index contributed by atoms with van der Waals surface area (Å²) in [5.41, 5.74) is 7.90. The Kier molecular flexibility index (Phi) is 5.08. The third kappa shape index (κ3) is 3.77. The lowest BCUT2D eigenvalue weighted by Crippen LogP contribution is -2.11. The maximum atomic E-state index is 5.78. The van der Waals surface area contributed by atoms with Gasteiger partial charge in [0.25, 0.3) is 0 Å². The summed E-state index contributed by atoms with van der Waals surface area (Å²) in [5, 5.41) is 1.57. The largest absolute Gasteiger partial charge is 0.384 e. The molecule has 0 radical (unpaired) electrons. The Hall–Kier alpha value is -1.47. The van der Waals surface area contributed by atoms with Crippen molar-refractivity contribution in [1.29, 1.82) is 0 Å². The number of hydrogen-bond acceptors (Lipinski definition) is 7. The molecule has 2 heterocycles. The first kappa shape index (κ1) is 14.9. The van der Waals surface area contributed by atoms with Crippen LogP contribution in [0.5, 0.6) is 0 Å². The Bertz CT molecular complexity index is 589. The van der Waals surface area contributed by atoms with Crippen LogP contribution in [0.15, 0.2) is 34.6 Å². The molecule has 20 heavy (non-hydrogen) atoms. The average molecular weight is 307 g/mol. The van der Waals surface area contributed by atoms with E-state index >= 15 is 0 Å². The zero-order chi connectivity index (χ0) is 14.5. The number of aromatic nitrogens is 3. The van der Waals surface area contributed by atoms with Crippen molar-refractivity contribution in [2.24, 2.45) is 0 Å². The van der Waals surface area contributed by atoms with Crippen molar-refractivity contribution >= 4 is 35.0 Å². The SMILES string of the molecule is CSc1cc(N)nc(SCc2ncccc2N(C)C)n1. The molecular formula is C13H17N5S2. The van der Waals surface area contributed by atoms with Crippen LogP contribution >= 0.6 is 23.5 Å². The number of thioether (sulfide) groups is 2. The van der Waals surface area contributed by atoms with E-state index in [1.807, 2.05) is 26.4 Å². The average Bonchev–Trinajstić information content (AvgIpc) is 2.44. The van der Waals surface area contributed by atoms with Gasteiger partial charge in [0.2, 0.25) is 0 Å². The van der Waals surface area contributed by atoms with Gasteiger partial charge < -0.3 is 10.6 Å². The van der Waals surface area contributed by atoms with Crippen molar-refractivity contribution in [2.75, 3.05) is 31.0 Å². The Morgan fingerprint density at radius 3 is 2.80 bits per heavy atom. The fourth-order valence-electron chi connectivity index (χ4n) is 1.67. The molecule has 0 bridgehead atoms. The van der Waals surface area contributed by atoms with E-state index in [4.69, 9.17) is 5.73 Å². The maximum absolute atomic E-state index is 5.78. The summed E-state index contributed by atoms with van der Waals surface area (Å²) < 4.78 is 0. The van der Waals surface area contributed by atoms with Gasteiger partial charge in [-0.15, -0.1) is 11.8 Å². The molecule has 0 aliphatic heterocycles. The zero-order valence-corrected chi connectivity index (χ0v) is 13.3. The van der Waals surface area contributed by atoms with E-state index in [9.17, 15) is 0 Å². The standard InChI is InChI=1S/C13H17N5S2/c1-18(2)10-5-4-6-15-9(10)8-20-13-16-11(14)7-12(17-13)19-3/h4-7H,8H2,1-3H3,(H2,14,16,17). The van der Waals surface area contributed by atoms with E-state index in [-0.39, 0.29) is 0 Å². The summed E-state index contributed by atoms with van der Waals surface area (Å²) in [5.74, 6) is 1.21. The van der Waals surface area contributed by atoms with E-state index in [2.05, 4.69) is 25.9 Å². The highest BCUT2D eigenvalue weighted by Gasteiger charge is 2.08. The minimum Gasteiger partial charge on any atom is -0.384 e. The summed E-state index contributed by atoms with van der Waals surface area (Å²) >= 11 is 3.10. The molecule has 0 aliphatic rings. The first-order chi connectivity index (χ1) is 9.60. The van der Waals surface area contributed by atoms with E-state index < -0.39 is 0 Å². The third-order valence-corrected chi connectivity index (χ3v) is 4.08. The molecule has 0 amide bonds. The minimum absolute atomic E-state index is 0.501. The highest BCUT2D eigenvalue weighted by molar-refractivity contribution is 7.99. The van der Waals surface area contributed by atoms with Crippen LogP contribution in [0.3, 0.4) is 0 Å². The summed E-state index contributed by atoms with van der Waals surface area (Å²) in [7, 11) is 4.02. The predicted octanol–water partition coefficient (Wildman–Crippen LogP) is 2.53. The smallest absolute Gasteiger partial charge is 0.190 e. The van der Waals surface area contributed by atoms with Crippen LogP contribution in [0.25, 0.3) is 0 Å². The molecular weight excluding hydrogens is 290 g/mol. The van der Waals surface area contributed by atoms with E-state index in [1.165, 1.54) is 0 Å². The fraction of sp³-hybridized carbons (Fsp3) is 0.308. The Morgan fingerprint density at radius 2 is 2.10 bits per heavy atom. The van der Waals surface area contributed by atoms with Crippen molar-refractivity contribution in [3.05, 3.63) is 30.1 Å². The normalized spacial score (nSPS) is 10.6. The molecule has 2 aromatic heterocycles. The van der Waals surface area contributed by atoms with Crippen molar-refractivity contribution < 1.29 is 0 Å². The molecule has 5 nitrogen and oxygen atoms in total. The molecule has 0 spiro atoms. The van der Waals surface area contributed by atoms with Crippen LogP contribution in [0.4, 0.5) is 11.5 Å². The van der Waals surface area contributed by atoms with E-state index in [0.717, 1.165) is 16.4 Å². The molecule has 2 rings (SSSR count). The van der Waals surface area contributed by atoms with Gasteiger partial charge in [-0.3, -0.25) is 4.98 Å². The lowest BCUT2D eigenvalue weighted by atomic mass is 10.3. The predicted molar refractivity (Wildman–Crippen MR) is 86.4 cm³/mol. The second-order valence-electron chi connectivity index (χ2n) is 4.27. The van der Waals surface area contributed by atoms with Crippen molar-refractivity contribution in [1.82, 2.24) is 15.0 Å². The monoisotopic (exact) mass is 307 g/mol. The number of anilines is 2. The molecule has 2 aromatic rings. The van der Waals surface area contributed by atoms with Gasteiger partial charge in [-0.1, -0.05) is 11.8 Å². The minimum atomic E-state index is 0.501. The quantitative estimate of drug-likeness (QED) is 0.517. The van der Waals surface area contributed by atoms with Gasteiger partial charge in [0.15, 0.2) is 5.16 Å². The maximum Gasteiger partial charge on any atom is 0.190 e. The first-order valence-corrected chi connectivity index (χ1v) is 8.23. The van der Waals surface area contributed by atoms with Crippen LogP contribution in [0.1, 0.15) is 5.69 Å². The summed E-state index contributed by atoms with van der Waals surface area (Å²) in [4.78, 5) is 15.2. The molecule has 0 aromatic carbocycles. The molecule has 0 unspecified atom stereocenters. The number of hydrogen-bond donors (Lipinski definition) is 1. The van der Waals surface area contributed by atoms with E-state index in [0.29, 0.717) is 16.7 Å². The van der Waals surface area contributed by atoms with Gasteiger partial charge in [-0.25, -0.2) is 9.97 Å². The Balaban J connectivity index is 2.15. The zero-order valence-electron chi connectivity index (χ0n) is 11.7. The summed E-state index contributed by atoms with van der Waals surface area (Å²) in [6.45, 7) is 0. The number of nitrogens with zero attached hydrogens (tertiary/aromatic N) is 4. The lowest BCUT2D eigenvalue weighted by Gasteiger charge is -2.15. The topological polar surface area (TPSA) is 67.9 Å². The van der Waals surface area contributed by atoms with Crippen LogP contribution in [0.2, 0.25) is 0 Å². The molecule has 7 heteroatoms. The third-order valence-electron chi connectivity index (χ3n) is 2.60. The number of pyridine rings is 1. The molecule has 0 aliphatic carbocycles. The van der Waals surface area contributed by atoms with Crippen molar-refractivity contribution in [3.63, 3.8) is 0 Å². The molecule has 2 N–H and O–H groups in total. The van der Waals surface area contributed by atoms with Gasteiger partial charge >= 0.3 is 0 Å². The van der Waals surface area contributed by atoms with Crippen LogP contribution in [-0.2, 0) is 5.75 Å². The molecule has 106 valence electrons. The number of nitrogen functional groups attached to an aromatic ring is 1. The van der Waals surface area contributed by atoms with Crippen LogP contribution < -0.4 is 10.6 Å². The van der Waals surface area contributed by atoms with Crippen LogP contribution in [0, 0.1) is 0 Å². The number of rotatable bonds is 5. The molecule has 0 atom stereocenters. The molecule has 0 saturated heterocycles.